The minimum atomic E-state index is -1.06. The van der Waals surface area contributed by atoms with Gasteiger partial charge in [0.2, 0.25) is 11.7 Å². The molecule has 0 unspecified atom stereocenters. The molecule has 0 radical (unpaired) electrons. The van der Waals surface area contributed by atoms with E-state index in [2.05, 4.69) is 26.1 Å². The number of carbonyl (C=O) groups is 1. The van der Waals surface area contributed by atoms with Crippen LogP contribution < -0.4 is 0 Å². The van der Waals surface area contributed by atoms with Gasteiger partial charge in [-0.25, -0.2) is 4.39 Å². The molecule has 5 nitrogen and oxygen atoms in total. The van der Waals surface area contributed by atoms with E-state index in [-0.39, 0.29) is 18.1 Å². The molecule has 0 atom stereocenters. The van der Waals surface area contributed by atoms with Crippen molar-refractivity contribution in [1.82, 2.24) is 10.1 Å². The lowest BCUT2D eigenvalue weighted by molar-refractivity contribution is -0.136. The molecule has 0 aliphatic rings. The molecule has 0 amide bonds. The molecular formula is C10H6BrFN2O3. The van der Waals surface area contributed by atoms with E-state index >= 15 is 0 Å². The predicted octanol–water partition coefficient (Wildman–Crippen LogP) is 2.27. The average Bonchev–Trinajstić information content (AvgIpc) is 2.65. The normalized spacial score (nSPS) is 10.5. The Balaban J connectivity index is 2.33. The monoisotopic (exact) mass is 300 g/mol. The Kier molecular flexibility index (Phi) is 3.19. The van der Waals surface area contributed by atoms with Crippen molar-refractivity contribution < 1.29 is 18.8 Å². The molecule has 17 heavy (non-hydrogen) atoms. The van der Waals surface area contributed by atoms with Gasteiger partial charge < -0.3 is 9.63 Å². The Bertz CT molecular complexity index is 570. The first-order chi connectivity index (χ1) is 8.06. The van der Waals surface area contributed by atoms with Crippen LogP contribution in [0.3, 0.4) is 0 Å². The molecule has 1 heterocycles. The van der Waals surface area contributed by atoms with Crippen molar-refractivity contribution in [3.8, 4) is 11.4 Å². The number of aliphatic carboxylic acids is 1. The smallest absolute Gasteiger partial charge is 0.312 e. The highest BCUT2D eigenvalue weighted by Crippen LogP contribution is 2.26. The highest BCUT2D eigenvalue weighted by atomic mass is 79.9. The molecule has 7 heteroatoms. The first kappa shape index (κ1) is 11.7. The third-order valence-electron chi connectivity index (χ3n) is 1.94. The zero-order chi connectivity index (χ0) is 12.4. The molecule has 1 N–H and O–H groups in total. The number of benzene rings is 1. The van der Waals surface area contributed by atoms with Crippen LogP contribution in [-0.2, 0) is 11.2 Å². The van der Waals surface area contributed by atoms with Gasteiger partial charge >= 0.3 is 5.97 Å². The van der Waals surface area contributed by atoms with Gasteiger partial charge in [0.15, 0.2) is 0 Å². The zero-order valence-corrected chi connectivity index (χ0v) is 9.94. The molecule has 0 aliphatic heterocycles. The van der Waals surface area contributed by atoms with E-state index in [0.29, 0.717) is 10.0 Å². The Labute approximate surface area is 103 Å². The summed E-state index contributed by atoms with van der Waals surface area (Å²) in [6, 6.07) is 4.00. The lowest BCUT2D eigenvalue weighted by Gasteiger charge is -1.97. The number of carboxylic acids is 1. The molecule has 0 aliphatic carbocycles. The summed E-state index contributed by atoms with van der Waals surface area (Å²) in [4.78, 5) is 14.3. The number of nitrogens with zero attached hydrogens (tertiary/aromatic N) is 2. The van der Waals surface area contributed by atoms with Crippen LogP contribution in [-0.4, -0.2) is 21.2 Å². The van der Waals surface area contributed by atoms with E-state index in [1.807, 2.05) is 0 Å². The maximum atomic E-state index is 12.9. The van der Waals surface area contributed by atoms with Gasteiger partial charge in [-0.15, -0.1) is 0 Å². The molecule has 2 rings (SSSR count). The molecular weight excluding hydrogens is 295 g/mol. The summed E-state index contributed by atoms with van der Waals surface area (Å²) in [5, 5.41) is 12.2. The van der Waals surface area contributed by atoms with Crippen LogP contribution in [0, 0.1) is 5.82 Å². The fraction of sp³-hybridized carbons (Fsp3) is 0.100. The van der Waals surface area contributed by atoms with Crippen LogP contribution in [0.25, 0.3) is 11.4 Å². The Morgan fingerprint density at radius 1 is 1.53 bits per heavy atom. The first-order valence-corrected chi connectivity index (χ1v) is 5.35. The molecule has 0 saturated carbocycles. The van der Waals surface area contributed by atoms with E-state index in [1.54, 1.807) is 0 Å². The third-order valence-corrected chi connectivity index (χ3v) is 2.60. The Morgan fingerprint density at radius 2 is 2.29 bits per heavy atom. The molecule has 1 aromatic heterocycles. The summed E-state index contributed by atoms with van der Waals surface area (Å²) in [5.41, 5.74) is 0.534. The zero-order valence-electron chi connectivity index (χ0n) is 8.35. The summed E-state index contributed by atoms with van der Waals surface area (Å²) in [5.74, 6) is -1.23. The fourth-order valence-corrected chi connectivity index (χ4v) is 1.76. The van der Waals surface area contributed by atoms with Gasteiger partial charge in [0, 0.05) is 10.0 Å². The van der Waals surface area contributed by atoms with Gasteiger partial charge in [-0.05, 0) is 34.1 Å². The van der Waals surface area contributed by atoms with E-state index in [1.165, 1.54) is 18.2 Å². The number of hydrogen-bond acceptors (Lipinski definition) is 4. The molecule has 2 aromatic rings. The second-order valence-corrected chi connectivity index (χ2v) is 4.06. The Morgan fingerprint density at radius 3 is 2.94 bits per heavy atom. The van der Waals surface area contributed by atoms with E-state index in [9.17, 15) is 9.18 Å². The predicted molar refractivity (Wildman–Crippen MR) is 58.7 cm³/mol. The number of carboxylic acid groups (broad SMARTS) is 1. The van der Waals surface area contributed by atoms with Crippen molar-refractivity contribution in [3.63, 3.8) is 0 Å². The van der Waals surface area contributed by atoms with Crippen molar-refractivity contribution in [2.24, 2.45) is 0 Å². The quantitative estimate of drug-likeness (QED) is 0.941. The van der Waals surface area contributed by atoms with Crippen LogP contribution in [0.1, 0.15) is 5.89 Å². The summed E-state index contributed by atoms with van der Waals surface area (Å²) in [6.45, 7) is 0. The summed E-state index contributed by atoms with van der Waals surface area (Å²) in [7, 11) is 0. The van der Waals surface area contributed by atoms with Gasteiger partial charge in [-0.3, -0.25) is 4.79 Å². The minimum Gasteiger partial charge on any atom is -0.481 e. The second kappa shape index (κ2) is 4.62. The molecule has 0 spiro atoms. The van der Waals surface area contributed by atoms with Gasteiger partial charge in [0.1, 0.15) is 12.2 Å². The molecule has 1 aromatic carbocycles. The van der Waals surface area contributed by atoms with Crippen LogP contribution >= 0.6 is 15.9 Å². The summed E-state index contributed by atoms with van der Waals surface area (Å²) >= 11 is 3.17. The molecule has 0 fully saturated rings. The van der Waals surface area contributed by atoms with Crippen molar-refractivity contribution in [2.75, 3.05) is 0 Å². The number of aromatic nitrogens is 2. The van der Waals surface area contributed by atoms with Crippen molar-refractivity contribution in [1.29, 1.82) is 0 Å². The third kappa shape index (κ3) is 2.68. The number of hydrogen-bond donors (Lipinski definition) is 1. The minimum absolute atomic E-state index is 0.00345. The first-order valence-electron chi connectivity index (χ1n) is 4.56. The van der Waals surface area contributed by atoms with E-state index < -0.39 is 11.8 Å². The van der Waals surface area contributed by atoms with E-state index in [4.69, 9.17) is 9.63 Å². The van der Waals surface area contributed by atoms with E-state index in [0.717, 1.165) is 0 Å². The SMILES string of the molecule is O=C(O)Cc1nc(-c2ccc(F)cc2Br)no1. The fourth-order valence-electron chi connectivity index (χ4n) is 1.24. The van der Waals surface area contributed by atoms with Crippen LogP contribution in [0.15, 0.2) is 27.2 Å². The summed E-state index contributed by atoms with van der Waals surface area (Å²) < 4.78 is 18.1. The molecule has 88 valence electrons. The molecule has 0 saturated heterocycles. The van der Waals surface area contributed by atoms with Crippen molar-refractivity contribution in [2.45, 2.75) is 6.42 Å². The van der Waals surface area contributed by atoms with Crippen molar-refractivity contribution >= 4 is 21.9 Å². The van der Waals surface area contributed by atoms with Gasteiger partial charge in [-0.2, -0.15) is 4.98 Å². The summed E-state index contributed by atoms with van der Waals surface area (Å²) in [6.07, 6.45) is -0.341. The highest BCUT2D eigenvalue weighted by molar-refractivity contribution is 9.10. The maximum absolute atomic E-state index is 12.9. The average molecular weight is 301 g/mol. The van der Waals surface area contributed by atoms with Gasteiger partial charge in [-0.1, -0.05) is 5.16 Å². The maximum Gasteiger partial charge on any atom is 0.312 e. The van der Waals surface area contributed by atoms with Crippen LogP contribution in [0.5, 0.6) is 0 Å². The van der Waals surface area contributed by atoms with Gasteiger partial charge in [0.25, 0.3) is 0 Å². The lowest BCUT2D eigenvalue weighted by Crippen LogP contribution is -1.99. The van der Waals surface area contributed by atoms with Crippen molar-refractivity contribution in [3.05, 3.63) is 34.4 Å². The second-order valence-electron chi connectivity index (χ2n) is 3.21. The van der Waals surface area contributed by atoms with Crippen LogP contribution in [0.4, 0.5) is 4.39 Å². The number of rotatable bonds is 3. The van der Waals surface area contributed by atoms with Gasteiger partial charge in [0.05, 0.1) is 0 Å². The molecule has 0 bridgehead atoms. The number of halogens is 2. The largest absolute Gasteiger partial charge is 0.481 e. The highest BCUT2D eigenvalue weighted by Gasteiger charge is 2.13. The standard InChI is InChI=1S/C10H6BrFN2O3/c11-7-3-5(12)1-2-6(7)10-13-8(17-14-10)4-9(15)16/h1-3H,4H2,(H,15,16). The lowest BCUT2D eigenvalue weighted by atomic mass is 10.2. The Hall–Kier alpha value is -1.76. The topological polar surface area (TPSA) is 76.2 Å². The van der Waals surface area contributed by atoms with Crippen LogP contribution in [0.2, 0.25) is 0 Å².